The average Bonchev–Trinajstić information content (AvgIpc) is 3.35. The van der Waals surface area contributed by atoms with E-state index in [0.29, 0.717) is 20.9 Å². The SMILES string of the molecule is O=C(C/C=C1\CCCc2cnn(Cc3ccc(Cl)cc3Cl)c21)NS(=O)(=O)c1ccc(Cl)s1. The molecular formula is C21H18Cl3N3O3S2. The Morgan fingerprint density at radius 1 is 1.19 bits per heavy atom. The van der Waals surface area contributed by atoms with E-state index in [1.807, 2.05) is 16.9 Å². The number of fused-ring (bicyclic) bond motifs is 1. The first kappa shape index (κ1) is 23.3. The van der Waals surface area contributed by atoms with Crippen LogP contribution in [-0.2, 0) is 27.8 Å². The minimum absolute atomic E-state index is 0.00127. The molecule has 2 heterocycles. The van der Waals surface area contributed by atoms with Crippen LogP contribution in [0.2, 0.25) is 14.4 Å². The van der Waals surface area contributed by atoms with E-state index in [-0.39, 0.29) is 10.6 Å². The van der Waals surface area contributed by atoms with Gasteiger partial charge in [0.2, 0.25) is 5.91 Å². The molecule has 4 rings (SSSR count). The van der Waals surface area contributed by atoms with Crippen LogP contribution in [0.25, 0.3) is 5.57 Å². The molecule has 0 radical (unpaired) electrons. The lowest BCUT2D eigenvalue weighted by atomic mass is 9.92. The molecule has 2 aromatic heterocycles. The monoisotopic (exact) mass is 529 g/mol. The number of hydrogen-bond donors (Lipinski definition) is 1. The van der Waals surface area contributed by atoms with Crippen LogP contribution < -0.4 is 4.72 Å². The Bertz CT molecular complexity index is 1310. The average molecular weight is 531 g/mol. The third-order valence-electron chi connectivity index (χ3n) is 5.04. The molecule has 0 saturated carbocycles. The summed E-state index contributed by atoms with van der Waals surface area (Å²) in [5.74, 6) is -0.610. The van der Waals surface area contributed by atoms with Crippen LogP contribution in [0.4, 0.5) is 0 Å². The molecule has 6 nitrogen and oxygen atoms in total. The maximum absolute atomic E-state index is 12.4. The van der Waals surface area contributed by atoms with E-state index in [1.165, 1.54) is 12.1 Å². The number of sulfonamides is 1. The number of nitrogens with one attached hydrogen (secondary N) is 1. The van der Waals surface area contributed by atoms with Crippen LogP contribution in [0, 0.1) is 0 Å². The van der Waals surface area contributed by atoms with E-state index in [0.717, 1.165) is 53.0 Å². The third-order valence-corrected chi connectivity index (χ3v) is 8.73. The molecule has 0 spiro atoms. The zero-order valence-electron chi connectivity index (χ0n) is 16.6. The fourth-order valence-electron chi connectivity index (χ4n) is 3.60. The first-order valence-electron chi connectivity index (χ1n) is 9.72. The van der Waals surface area contributed by atoms with Crippen LogP contribution in [0.15, 0.2) is 46.8 Å². The summed E-state index contributed by atoms with van der Waals surface area (Å²) in [6, 6.07) is 8.18. The Morgan fingerprint density at radius 2 is 2.00 bits per heavy atom. The second-order valence-corrected chi connectivity index (χ2v) is 11.8. The van der Waals surface area contributed by atoms with Crippen LogP contribution >= 0.6 is 46.1 Å². The van der Waals surface area contributed by atoms with Gasteiger partial charge in [-0.25, -0.2) is 13.1 Å². The van der Waals surface area contributed by atoms with E-state index in [9.17, 15) is 13.2 Å². The number of benzene rings is 1. The highest BCUT2D eigenvalue weighted by Crippen LogP contribution is 2.32. The highest BCUT2D eigenvalue weighted by atomic mass is 35.5. The molecule has 0 unspecified atom stereocenters. The molecule has 3 aromatic rings. The predicted octanol–water partition coefficient (Wildman–Crippen LogP) is 5.57. The smallest absolute Gasteiger partial charge is 0.273 e. The number of nitrogens with zero attached hydrogens (tertiary/aromatic N) is 2. The molecule has 0 fully saturated rings. The lowest BCUT2D eigenvalue weighted by Gasteiger charge is -2.18. The van der Waals surface area contributed by atoms with E-state index >= 15 is 0 Å². The van der Waals surface area contributed by atoms with Crippen LogP contribution in [-0.4, -0.2) is 24.1 Å². The second kappa shape index (κ2) is 9.57. The highest BCUT2D eigenvalue weighted by Gasteiger charge is 2.22. The summed E-state index contributed by atoms with van der Waals surface area (Å²) in [6.07, 6.45) is 6.12. The summed E-state index contributed by atoms with van der Waals surface area (Å²) in [5, 5.41) is 5.63. The van der Waals surface area contributed by atoms with Crippen molar-refractivity contribution >= 4 is 67.6 Å². The van der Waals surface area contributed by atoms with Gasteiger partial charge in [0, 0.05) is 16.5 Å². The molecule has 0 atom stereocenters. The second-order valence-electron chi connectivity index (χ2n) is 7.29. The van der Waals surface area contributed by atoms with Gasteiger partial charge in [0.25, 0.3) is 10.0 Å². The topological polar surface area (TPSA) is 81.1 Å². The fourth-order valence-corrected chi connectivity index (χ4v) is 6.54. The standard InChI is InChI=1S/C21H18Cl3N3O3S2/c22-16-6-4-15(17(23)10-16)12-27-21-13(2-1-3-14(21)11-25-27)5-8-19(28)26-32(29,30)20-9-7-18(24)31-20/h4-7,9-11H,1-3,8,12H2,(H,26,28)/b13-5+. The minimum atomic E-state index is -3.94. The molecule has 0 bridgehead atoms. The van der Waals surface area contributed by atoms with Crippen molar-refractivity contribution in [1.29, 1.82) is 0 Å². The van der Waals surface area contributed by atoms with E-state index in [1.54, 1.807) is 18.2 Å². The molecule has 1 amide bonds. The van der Waals surface area contributed by atoms with Gasteiger partial charge in [0.1, 0.15) is 4.21 Å². The van der Waals surface area contributed by atoms with Gasteiger partial charge in [-0.3, -0.25) is 9.48 Å². The number of thiophene rings is 1. The van der Waals surface area contributed by atoms with Gasteiger partial charge in [-0.15, -0.1) is 11.3 Å². The normalized spacial score (nSPS) is 15.0. The number of aryl methyl sites for hydroxylation is 1. The van der Waals surface area contributed by atoms with Crippen molar-refractivity contribution in [2.45, 2.75) is 36.4 Å². The lowest BCUT2D eigenvalue weighted by Crippen LogP contribution is -2.29. The molecule has 1 aliphatic rings. The zero-order valence-corrected chi connectivity index (χ0v) is 20.5. The number of hydrogen-bond acceptors (Lipinski definition) is 5. The summed E-state index contributed by atoms with van der Waals surface area (Å²) in [5.41, 5.74) is 3.88. The van der Waals surface area contributed by atoms with Gasteiger partial charge in [0.05, 0.1) is 22.8 Å². The molecule has 1 aliphatic carbocycles. The van der Waals surface area contributed by atoms with Gasteiger partial charge in [0.15, 0.2) is 0 Å². The van der Waals surface area contributed by atoms with Crippen molar-refractivity contribution in [1.82, 2.24) is 14.5 Å². The molecule has 0 aliphatic heterocycles. The Labute approximate surface area is 204 Å². The third kappa shape index (κ3) is 5.21. The maximum Gasteiger partial charge on any atom is 0.273 e. The van der Waals surface area contributed by atoms with Crippen molar-refractivity contribution in [3.8, 4) is 0 Å². The van der Waals surface area contributed by atoms with Crippen molar-refractivity contribution in [3.63, 3.8) is 0 Å². The summed E-state index contributed by atoms with van der Waals surface area (Å²) in [4.78, 5) is 12.4. The van der Waals surface area contributed by atoms with E-state index in [2.05, 4.69) is 9.82 Å². The lowest BCUT2D eigenvalue weighted by molar-refractivity contribution is -0.118. The van der Waals surface area contributed by atoms with Gasteiger partial charge in [-0.05, 0) is 60.2 Å². The van der Waals surface area contributed by atoms with E-state index in [4.69, 9.17) is 34.8 Å². The Balaban J connectivity index is 1.52. The largest absolute Gasteiger partial charge is 0.274 e. The number of rotatable bonds is 6. The molecule has 1 aromatic carbocycles. The fraction of sp³-hybridized carbons (Fsp3) is 0.238. The van der Waals surface area contributed by atoms with Gasteiger partial charge < -0.3 is 0 Å². The van der Waals surface area contributed by atoms with Gasteiger partial charge >= 0.3 is 0 Å². The summed E-state index contributed by atoms with van der Waals surface area (Å²) in [6.45, 7) is 0.461. The molecule has 32 heavy (non-hydrogen) atoms. The molecular weight excluding hydrogens is 513 g/mol. The summed E-state index contributed by atoms with van der Waals surface area (Å²) < 4.78 is 29.0. The number of carbonyl (C=O) groups is 1. The Morgan fingerprint density at radius 3 is 2.72 bits per heavy atom. The maximum atomic E-state index is 12.4. The van der Waals surface area contributed by atoms with Gasteiger partial charge in [-0.1, -0.05) is 46.9 Å². The predicted molar refractivity (Wildman–Crippen MR) is 128 cm³/mol. The number of carbonyl (C=O) groups excluding carboxylic acids is 1. The molecule has 1 N–H and O–H groups in total. The number of halogens is 3. The van der Waals surface area contributed by atoms with E-state index < -0.39 is 15.9 Å². The first-order chi connectivity index (χ1) is 15.2. The van der Waals surface area contributed by atoms with Gasteiger partial charge in [-0.2, -0.15) is 5.10 Å². The minimum Gasteiger partial charge on any atom is -0.274 e. The van der Waals surface area contributed by atoms with Crippen LogP contribution in [0.1, 0.15) is 36.1 Å². The summed E-state index contributed by atoms with van der Waals surface area (Å²) >= 11 is 19.0. The number of aromatic nitrogens is 2. The quantitative estimate of drug-likeness (QED) is 0.452. The summed E-state index contributed by atoms with van der Waals surface area (Å²) in [7, 11) is -3.94. The van der Waals surface area contributed by atoms with Crippen molar-refractivity contribution in [3.05, 3.63) is 73.8 Å². The first-order valence-corrected chi connectivity index (χ1v) is 13.2. The Kier molecular flexibility index (Phi) is 6.97. The van der Waals surface area contributed by atoms with Crippen LogP contribution in [0.5, 0.6) is 0 Å². The van der Waals surface area contributed by atoms with Crippen molar-refractivity contribution in [2.75, 3.05) is 0 Å². The molecule has 11 heteroatoms. The van der Waals surface area contributed by atoms with Crippen molar-refractivity contribution < 1.29 is 13.2 Å². The zero-order chi connectivity index (χ0) is 22.9. The molecule has 0 saturated heterocycles. The number of allylic oxidation sites excluding steroid dienone is 1. The highest BCUT2D eigenvalue weighted by molar-refractivity contribution is 7.92. The molecule has 168 valence electrons. The van der Waals surface area contributed by atoms with Crippen molar-refractivity contribution in [2.24, 2.45) is 0 Å². The Hall–Kier alpha value is -1.84. The van der Waals surface area contributed by atoms with Crippen LogP contribution in [0.3, 0.4) is 0 Å². The number of amides is 1.